The Kier molecular flexibility index (Phi) is 20.9. The monoisotopic (exact) mass is 1230 g/mol. The zero-order chi connectivity index (χ0) is 82.7. The zero-order valence-electron chi connectivity index (χ0n) is 70.3. The largest absolute Gasteiger partial charge is 0.871 e. The van der Waals surface area contributed by atoms with Gasteiger partial charge in [0.15, 0.2) is 0 Å². The summed E-state index contributed by atoms with van der Waals surface area (Å²) >= 11 is 0. The quantitative estimate of drug-likeness (QED) is 0.0167. The molecule has 8 aromatic carbocycles. The maximum Gasteiger partial charge on any atom is 0.339 e. The fraction of sp³-hybridized carbons (Fsp3) is 0.361. The third-order valence-electron chi connectivity index (χ3n) is 13.0. The number of fused-ring (bicyclic) bond motifs is 2. The van der Waals surface area contributed by atoms with Gasteiger partial charge >= 0.3 is 11.9 Å². The van der Waals surface area contributed by atoms with Crippen molar-refractivity contribution in [3.05, 3.63) is 214 Å². The number of hydrogen-bond acceptors (Lipinski definition) is 13. The van der Waals surface area contributed by atoms with E-state index < -0.39 is 117 Å². The lowest BCUT2D eigenvalue weighted by Gasteiger charge is -2.14. The Bertz CT molecular complexity index is 4090. The van der Waals surface area contributed by atoms with Crippen LogP contribution in [0.1, 0.15) is 173 Å². The predicted molar refractivity (Wildman–Crippen MR) is 343 cm³/mol. The number of quaternary nitrogens is 1. The second-order valence-corrected chi connectivity index (χ2v) is 19.3. The summed E-state index contributed by atoms with van der Waals surface area (Å²) in [6.07, 6.45) is -17.6. The summed E-state index contributed by atoms with van der Waals surface area (Å²) in [5.41, 5.74) is -0.0172. The van der Waals surface area contributed by atoms with Crippen LogP contribution in [0.15, 0.2) is 170 Å². The Hall–Kier alpha value is -7.90. The van der Waals surface area contributed by atoms with Gasteiger partial charge in [-0.25, -0.2) is 9.59 Å². The van der Waals surface area contributed by atoms with Gasteiger partial charge in [-0.05, 0) is 152 Å². The minimum absolute atomic E-state index is 0.0400. The van der Waals surface area contributed by atoms with Gasteiger partial charge in [0, 0.05) is 65.8 Å². The number of hydrogen-bond donors (Lipinski definition) is 11. The molecule has 0 aliphatic rings. The zero-order valence-corrected chi connectivity index (χ0v) is 48.3. The highest BCUT2D eigenvalue weighted by Gasteiger charge is 2.14. The lowest BCUT2D eigenvalue weighted by atomic mass is 10.1. The Morgan fingerprint density at radius 2 is 1.03 bits per heavy atom. The average Bonchev–Trinajstić information content (AvgIpc) is 0.726. The van der Waals surface area contributed by atoms with E-state index in [9.17, 15) is 50.4 Å². The summed E-state index contributed by atoms with van der Waals surface area (Å²) in [6.45, 7) is -5.79. The van der Waals surface area contributed by atoms with Crippen molar-refractivity contribution in [1.82, 2.24) is 5.32 Å². The van der Waals surface area contributed by atoms with Crippen molar-refractivity contribution in [1.29, 1.82) is 0 Å². The number of aliphatic hydroxyl groups excluding tert-OH is 4. The van der Waals surface area contributed by atoms with Crippen LogP contribution in [-0.4, -0.2) is 110 Å². The molecule has 2 unspecified atom stereocenters. The van der Waals surface area contributed by atoms with E-state index in [2.05, 4.69) is 5.32 Å². The van der Waals surface area contributed by atoms with Crippen LogP contribution >= 0.6 is 0 Å². The van der Waals surface area contributed by atoms with E-state index >= 15 is 0 Å². The molecule has 0 bridgehead atoms. The smallest absolute Gasteiger partial charge is 0.339 e. The number of carboxylic acid groups (broad SMARTS) is 2. The summed E-state index contributed by atoms with van der Waals surface area (Å²) in [6, 6.07) is 29.6. The number of aromatic carboxylic acids is 2. The number of nitrogens with two attached hydrogens (primary N) is 1. The highest BCUT2D eigenvalue weighted by atomic mass is 16.5. The molecule has 88 heavy (non-hydrogen) atoms. The number of carbonyl (C=O) groups is 2. The highest BCUT2D eigenvalue weighted by molar-refractivity contribution is 6.01. The van der Waals surface area contributed by atoms with Crippen LogP contribution in [-0.2, 0) is 35.4 Å². The number of nitrogens with one attached hydrogen (secondary N) is 1. The minimum Gasteiger partial charge on any atom is -0.871 e. The van der Waals surface area contributed by atoms with E-state index in [1.807, 2.05) is 23.5 Å². The average molecular weight is 1230 g/mol. The molecule has 0 amide bonds. The summed E-state index contributed by atoms with van der Waals surface area (Å²) in [4.78, 5) is 21.4. The highest BCUT2D eigenvalue weighted by Crippen LogP contribution is 2.29. The molecule has 0 fully saturated rings. The van der Waals surface area contributed by atoms with E-state index in [4.69, 9.17) is 49.8 Å². The van der Waals surface area contributed by atoms with Gasteiger partial charge in [-0.2, -0.15) is 0 Å². The van der Waals surface area contributed by atoms with Gasteiger partial charge in [0.05, 0.1) is 45.1 Å². The van der Waals surface area contributed by atoms with Gasteiger partial charge in [0.25, 0.3) is 0 Å². The number of benzene rings is 8. The molecule has 8 aromatic rings. The normalized spacial score (nSPS) is 16.5. The van der Waals surface area contributed by atoms with E-state index in [0.29, 0.717) is 91.2 Å². The Morgan fingerprint density at radius 1 is 0.557 bits per heavy atom. The maximum atomic E-state index is 11.6. The molecule has 12 N–H and O–H groups in total. The molecule has 0 spiro atoms. The van der Waals surface area contributed by atoms with E-state index in [1.165, 1.54) is 30.3 Å². The van der Waals surface area contributed by atoms with Crippen molar-refractivity contribution in [3.8, 4) is 23.0 Å². The Labute approximate surface area is 548 Å². The van der Waals surface area contributed by atoms with Crippen LogP contribution in [0.4, 0.5) is 0 Å². The number of rotatable bonds is 34. The van der Waals surface area contributed by atoms with Gasteiger partial charge in [0.2, 0.25) is 0 Å². The predicted octanol–water partition coefficient (Wildman–Crippen LogP) is 11.0. The van der Waals surface area contributed by atoms with Crippen molar-refractivity contribution >= 4 is 33.5 Å². The van der Waals surface area contributed by atoms with E-state index in [0.717, 1.165) is 47.9 Å². The molecule has 0 saturated carbocycles. The number of ether oxygens (including phenoxy) is 2. The second-order valence-electron chi connectivity index (χ2n) is 19.3. The third kappa shape index (κ3) is 25.8. The van der Waals surface area contributed by atoms with Crippen LogP contribution < -0.4 is 15.7 Å². The van der Waals surface area contributed by atoms with Crippen LogP contribution in [0, 0.1) is 0 Å². The molecule has 0 saturated heterocycles. The molecule has 16 nitrogen and oxygen atoms in total. The molecule has 0 aliphatic heterocycles. The van der Waals surface area contributed by atoms with Crippen LogP contribution in [0.5, 0.6) is 23.0 Å². The number of phenols is 3. The summed E-state index contributed by atoms with van der Waals surface area (Å²) < 4.78 is 188. The van der Waals surface area contributed by atoms with Gasteiger partial charge < -0.3 is 71.2 Å². The first-order valence-electron chi connectivity index (χ1n) is 39.3. The topological polar surface area (TPSA) is 286 Å². The fourth-order valence-electron chi connectivity index (χ4n) is 8.26. The van der Waals surface area contributed by atoms with E-state index in [1.54, 1.807) is 60.7 Å². The second kappa shape index (κ2) is 41.3. The number of unbranched alkanes of at least 4 members (excludes halogenated alkanes) is 6. The lowest BCUT2D eigenvalue weighted by Crippen LogP contribution is -2.85. The first-order chi connectivity index (χ1) is 51.2. The lowest BCUT2D eigenvalue weighted by molar-refractivity contribution is -0.662. The standard InChI is InChI=1S/2C25H37NO4.2C11H8O3/c2*27-20-23-18-22(13-14-24(23)28)25(29)19-26-15-7-1-2-8-16-30-17-9-6-12-21-10-4-3-5-11-21;2*12-10-8-4-2-1-3-7(8)5-6-9(10)11(13)14/h2*3-5,10-11,13-14,18,25-29H,1-2,6-9,12,15-17,19-20H2;2*1-6,12H,(H,13,14)/i2*3D,6D2,9D2,10D,11D,12D2,17D2;;. The summed E-state index contributed by atoms with van der Waals surface area (Å²) in [5.74, 6) is -2.98. The molecule has 2 atom stereocenters. The third-order valence-corrected chi connectivity index (χ3v) is 13.0. The molecule has 8 rings (SSSR count). The Balaban J connectivity index is 0.000000291. The van der Waals surface area contributed by atoms with Crippen molar-refractivity contribution < 1.29 is 106 Å². The fourth-order valence-corrected chi connectivity index (χ4v) is 8.26. The van der Waals surface area contributed by atoms with Crippen LogP contribution in [0.3, 0.4) is 0 Å². The maximum absolute atomic E-state index is 11.6. The molecule has 0 aromatic heterocycles. The first-order valence-corrected chi connectivity index (χ1v) is 28.3. The number of carboxylic acids is 2. The molecule has 472 valence electrons. The SMILES string of the molecule is O=C(O)c1ccc2ccccc2c1O.O=C(O)c1ccc2ccccc2c1[O-].[2H]c1cc([2H])c(C([2H])([2H])C([2H])([2H])C([2H])([2H])C([2H])([2H])OCCCCCCNCC(O)c2ccc(O)c(CO)c2)c([2H])c1.[2H]c1cc([2H])c(C([2H])([2H])C([2H])([2H])C([2H])([2H])C([2H])([2H])OCCCCCC[NH2+]CC(O)c2ccc(O)c(CO)c2)c([2H])c1. The molecule has 16 heteroatoms. The van der Waals surface area contributed by atoms with Crippen molar-refractivity contribution in [3.63, 3.8) is 0 Å². The molecule has 0 radical (unpaired) electrons. The molecule has 0 aliphatic carbocycles. The molecular formula is C72H90N2O14. The Morgan fingerprint density at radius 3 is 1.57 bits per heavy atom. The minimum atomic E-state index is -3.56. The van der Waals surface area contributed by atoms with Crippen LogP contribution in [0.25, 0.3) is 21.5 Å². The van der Waals surface area contributed by atoms with E-state index in [-0.39, 0.29) is 73.4 Å². The van der Waals surface area contributed by atoms with Crippen molar-refractivity contribution in [2.24, 2.45) is 0 Å². The van der Waals surface area contributed by atoms with Gasteiger partial charge in [-0.3, -0.25) is 0 Å². The number of aliphatic hydroxyl groups is 4. The van der Waals surface area contributed by atoms with Crippen molar-refractivity contribution in [2.45, 2.75) is 115 Å². The first kappa shape index (κ1) is 44.5. The van der Waals surface area contributed by atoms with Gasteiger partial charge in [-0.1, -0.05) is 158 Å². The van der Waals surface area contributed by atoms with Crippen LogP contribution in [0.2, 0.25) is 0 Å². The summed E-state index contributed by atoms with van der Waals surface area (Å²) in [7, 11) is 0. The van der Waals surface area contributed by atoms with Gasteiger partial charge in [0.1, 0.15) is 35.5 Å². The molecule has 0 heterocycles. The summed E-state index contributed by atoms with van der Waals surface area (Å²) in [5, 5.41) is 105. The molecular weight excluding hydrogens is 1120 g/mol. The van der Waals surface area contributed by atoms with Gasteiger partial charge in [-0.15, -0.1) is 0 Å². The van der Waals surface area contributed by atoms with Crippen molar-refractivity contribution in [2.75, 3.05) is 52.5 Å². The number of aromatic hydroxyl groups is 3.